The van der Waals surface area contributed by atoms with Gasteiger partial charge in [0.15, 0.2) is 11.5 Å². The number of ether oxygens (including phenoxy) is 4. The van der Waals surface area contributed by atoms with Gasteiger partial charge in [-0.1, -0.05) is 44.2 Å². The minimum atomic E-state index is -0.797. The molecule has 45 heavy (non-hydrogen) atoms. The van der Waals surface area contributed by atoms with Crippen LogP contribution in [0.2, 0.25) is 0 Å². The van der Waals surface area contributed by atoms with E-state index in [0.717, 1.165) is 16.7 Å². The Morgan fingerprint density at radius 3 is 2.20 bits per heavy atom. The second kappa shape index (κ2) is 13.1. The molecule has 0 aromatic heterocycles. The number of nitrogens with one attached hydrogen (secondary N) is 2. The van der Waals surface area contributed by atoms with Crippen LogP contribution in [0, 0.1) is 11.8 Å². The molecule has 1 fully saturated rings. The number of amides is 2. The number of hydrogen-bond acceptors (Lipinski definition) is 8. The molecular weight excluding hydrogens is 575 g/mol. The predicted molar refractivity (Wildman–Crippen MR) is 171 cm³/mol. The smallest absolute Gasteiger partial charge is 0.481 e. The molecule has 2 amide bonds. The Balaban J connectivity index is 1.37. The lowest BCUT2D eigenvalue weighted by Gasteiger charge is -2.32. The third-order valence-corrected chi connectivity index (χ3v) is 9.48. The molecule has 0 bridgehead atoms. The van der Waals surface area contributed by atoms with Gasteiger partial charge in [-0.3, -0.25) is 9.59 Å². The summed E-state index contributed by atoms with van der Waals surface area (Å²) >= 11 is 0. The molecule has 11 heteroatoms. The molecule has 2 aromatic rings. The Morgan fingerprint density at radius 1 is 0.933 bits per heavy atom. The Kier molecular flexibility index (Phi) is 9.61. The first kappa shape index (κ1) is 32.9. The Bertz CT molecular complexity index is 1380. The Hall–Kier alpha value is -3.44. The highest BCUT2D eigenvalue weighted by Gasteiger charge is 2.54. The lowest BCUT2D eigenvalue weighted by Crippen LogP contribution is -2.56. The number of fused-ring (bicyclic) bond motifs is 3. The Morgan fingerprint density at radius 2 is 1.58 bits per heavy atom. The molecule has 1 unspecified atom stereocenters. The summed E-state index contributed by atoms with van der Waals surface area (Å²) in [5.74, 6) is 1.26. The molecule has 10 nitrogen and oxygen atoms in total. The molecule has 2 N–H and O–H groups in total. The zero-order valence-electron chi connectivity index (χ0n) is 27.8. The zero-order valence-corrected chi connectivity index (χ0v) is 27.8. The van der Waals surface area contributed by atoms with Crippen molar-refractivity contribution in [2.45, 2.75) is 96.8 Å². The molecule has 1 saturated heterocycles. The third kappa shape index (κ3) is 6.75. The molecule has 5 rings (SSSR count). The highest BCUT2D eigenvalue weighted by atomic mass is 16.7. The van der Waals surface area contributed by atoms with Crippen molar-refractivity contribution in [2.24, 2.45) is 11.8 Å². The van der Waals surface area contributed by atoms with Gasteiger partial charge in [-0.15, -0.1) is 0 Å². The van der Waals surface area contributed by atoms with Gasteiger partial charge in [0, 0.05) is 23.5 Å². The topological polar surface area (TPSA) is 114 Å². The van der Waals surface area contributed by atoms with Crippen molar-refractivity contribution in [2.75, 3.05) is 21.0 Å². The predicted octanol–water partition coefficient (Wildman–Crippen LogP) is 4.43. The lowest BCUT2D eigenvalue weighted by atomic mass is 9.73. The van der Waals surface area contributed by atoms with Crippen LogP contribution in [0.5, 0.6) is 23.0 Å². The summed E-state index contributed by atoms with van der Waals surface area (Å²) < 4.78 is 35.6. The van der Waals surface area contributed by atoms with Gasteiger partial charge in [-0.25, -0.2) is 0 Å². The van der Waals surface area contributed by atoms with Crippen LogP contribution in [0.15, 0.2) is 30.3 Å². The molecule has 2 heterocycles. The van der Waals surface area contributed by atoms with Crippen LogP contribution < -0.4 is 29.6 Å². The van der Waals surface area contributed by atoms with Crippen LogP contribution in [0.1, 0.15) is 71.1 Å². The quantitative estimate of drug-likeness (QED) is 0.354. The molecule has 244 valence electrons. The van der Waals surface area contributed by atoms with E-state index >= 15 is 0 Å². The molecule has 1 aliphatic carbocycles. The maximum absolute atomic E-state index is 14.0. The van der Waals surface area contributed by atoms with Crippen molar-refractivity contribution in [3.05, 3.63) is 47.0 Å². The largest absolute Gasteiger partial charge is 0.492 e. The van der Waals surface area contributed by atoms with Crippen molar-refractivity contribution in [1.82, 2.24) is 10.6 Å². The molecular formula is C34H47BN2O8. The van der Waals surface area contributed by atoms with E-state index in [4.69, 9.17) is 28.3 Å². The van der Waals surface area contributed by atoms with Crippen molar-refractivity contribution in [3.63, 3.8) is 0 Å². The van der Waals surface area contributed by atoms with Crippen LogP contribution in [0.3, 0.4) is 0 Å². The number of methoxy groups -OCH3 is 2. The van der Waals surface area contributed by atoms with Gasteiger partial charge >= 0.3 is 7.12 Å². The fourth-order valence-corrected chi connectivity index (χ4v) is 6.39. The summed E-state index contributed by atoms with van der Waals surface area (Å²) in [5.41, 5.74) is 1.72. The van der Waals surface area contributed by atoms with E-state index in [1.165, 1.54) is 0 Å². The number of benzene rings is 2. The summed E-state index contributed by atoms with van der Waals surface area (Å²) in [6.45, 7) is 12.3. The van der Waals surface area contributed by atoms with E-state index in [1.54, 1.807) is 14.2 Å². The monoisotopic (exact) mass is 622 g/mol. The zero-order chi connectivity index (χ0) is 32.5. The molecule has 3 aliphatic rings. The first-order valence-corrected chi connectivity index (χ1v) is 15.9. The summed E-state index contributed by atoms with van der Waals surface area (Å²) in [7, 11) is 2.56. The fraction of sp³-hybridized carbons (Fsp3) is 0.588. The maximum atomic E-state index is 14.0. The number of carbonyl (C=O) groups excluding carboxylic acids is 2. The first-order chi connectivity index (χ1) is 21.3. The second-order valence-electron chi connectivity index (χ2n) is 13.6. The Labute approximate surface area is 266 Å². The van der Waals surface area contributed by atoms with E-state index in [1.807, 2.05) is 58.0 Å². The van der Waals surface area contributed by atoms with Gasteiger partial charge in [0.25, 0.3) is 0 Å². The highest BCUT2D eigenvalue weighted by molar-refractivity contribution is 6.48. The van der Waals surface area contributed by atoms with Crippen LogP contribution in [0.25, 0.3) is 0 Å². The molecule has 0 saturated carbocycles. The lowest BCUT2D eigenvalue weighted by molar-refractivity contribution is -0.131. The second-order valence-corrected chi connectivity index (χ2v) is 13.6. The highest BCUT2D eigenvalue weighted by Crippen LogP contribution is 2.54. The van der Waals surface area contributed by atoms with E-state index < -0.39 is 30.3 Å². The SMILES string of the molecule is COc1c2c(c3c(c1OC)OCO3)CC(C(=O)N[C@@H](Cc1ccccc1)C(=O)N[C@@H](CC(C)C)B1OC(C)(C)C(C)(C)O1)CC2. The summed E-state index contributed by atoms with van der Waals surface area (Å²) in [6, 6.07) is 8.92. The fourth-order valence-electron chi connectivity index (χ4n) is 6.39. The summed E-state index contributed by atoms with van der Waals surface area (Å²) in [6.07, 6.45) is 2.61. The van der Waals surface area contributed by atoms with E-state index in [0.29, 0.717) is 55.1 Å². The van der Waals surface area contributed by atoms with Gasteiger partial charge in [0.1, 0.15) is 6.04 Å². The van der Waals surface area contributed by atoms with Gasteiger partial charge < -0.3 is 38.9 Å². The van der Waals surface area contributed by atoms with Crippen LogP contribution in [0.4, 0.5) is 0 Å². The van der Waals surface area contributed by atoms with Crippen LogP contribution >= 0.6 is 0 Å². The first-order valence-electron chi connectivity index (χ1n) is 15.9. The van der Waals surface area contributed by atoms with Gasteiger partial charge in [-0.2, -0.15) is 0 Å². The minimum absolute atomic E-state index is 0.0712. The standard InChI is InChI=1S/C34H47BN2O8/c1-20(2)16-26(35-44-33(3,4)34(5,6)45-35)37-32(39)25(17-21-12-10-9-11-13-21)36-31(38)22-14-15-23-24(18-22)28-30(43-19-42-28)29(41-8)27(23)40-7/h9-13,20,22,25-26H,14-19H2,1-8H3,(H,36,38)(H,37,39)/t22?,25-,26-/m0/s1. The van der Waals surface area contributed by atoms with E-state index in [2.05, 4.69) is 24.5 Å². The number of rotatable bonds is 11. The van der Waals surface area contributed by atoms with Crippen LogP contribution in [-0.4, -0.2) is 63.1 Å². The molecule has 2 aliphatic heterocycles. The third-order valence-electron chi connectivity index (χ3n) is 9.48. The molecule has 0 spiro atoms. The van der Waals surface area contributed by atoms with Crippen molar-refractivity contribution < 1.29 is 37.8 Å². The van der Waals surface area contributed by atoms with Crippen molar-refractivity contribution >= 4 is 18.9 Å². The minimum Gasteiger partial charge on any atom is -0.492 e. The van der Waals surface area contributed by atoms with E-state index in [-0.39, 0.29) is 30.4 Å². The molecule has 2 aromatic carbocycles. The average Bonchev–Trinajstić information content (AvgIpc) is 3.57. The molecule has 3 atom stereocenters. The summed E-state index contributed by atoms with van der Waals surface area (Å²) in [4.78, 5) is 28.0. The number of hydrogen-bond donors (Lipinski definition) is 2. The number of carbonyl (C=O) groups is 2. The normalized spacial score (nSPS) is 20.7. The van der Waals surface area contributed by atoms with Gasteiger partial charge in [0.2, 0.25) is 30.1 Å². The average molecular weight is 623 g/mol. The van der Waals surface area contributed by atoms with Gasteiger partial charge in [0.05, 0.1) is 31.4 Å². The van der Waals surface area contributed by atoms with Crippen LogP contribution in [-0.2, 0) is 38.2 Å². The molecule has 0 radical (unpaired) electrons. The summed E-state index contributed by atoms with van der Waals surface area (Å²) in [5, 5.41) is 6.31. The van der Waals surface area contributed by atoms with Crippen molar-refractivity contribution in [1.29, 1.82) is 0 Å². The van der Waals surface area contributed by atoms with Gasteiger partial charge in [-0.05, 0) is 64.9 Å². The van der Waals surface area contributed by atoms with E-state index in [9.17, 15) is 9.59 Å². The maximum Gasteiger partial charge on any atom is 0.481 e. The van der Waals surface area contributed by atoms with Crippen molar-refractivity contribution in [3.8, 4) is 23.0 Å².